The van der Waals surface area contributed by atoms with Crippen molar-refractivity contribution < 1.29 is 4.79 Å². The quantitative estimate of drug-likeness (QED) is 0.835. The summed E-state index contributed by atoms with van der Waals surface area (Å²) in [5.41, 5.74) is 1.00. The number of carbonyl (C=O) groups is 1. The van der Waals surface area contributed by atoms with Gasteiger partial charge in [-0.1, -0.05) is 4.49 Å². The first kappa shape index (κ1) is 13.2. The summed E-state index contributed by atoms with van der Waals surface area (Å²) in [6.45, 7) is 2.70. The van der Waals surface area contributed by atoms with Gasteiger partial charge in [-0.15, -0.1) is 5.10 Å². The van der Waals surface area contributed by atoms with E-state index in [0.717, 1.165) is 43.2 Å². The van der Waals surface area contributed by atoms with Crippen LogP contribution in [0.5, 0.6) is 0 Å². The predicted molar refractivity (Wildman–Crippen MR) is 71.5 cm³/mol. The molecule has 0 spiro atoms. The molecule has 7 heteroatoms. The van der Waals surface area contributed by atoms with Crippen LogP contribution < -0.4 is 10.6 Å². The topological polar surface area (TPSA) is 70.2 Å². The van der Waals surface area contributed by atoms with Gasteiger partial charge in [-0.25, -0.2) is 0 Å². The molecule has 0 unspecified atom stereocenters. The van der Waals surface area contributed by atoms with Crippen molar-refractivity contribution in [3.05, 3.63) is 5.69 Å². The average molecular weight is 269 g/mol. The zero-order chi connectivity index (χ0) is 13.0. The maximum absolute atomic E-state index is 11.5. The van der Waals surface area contributed by atoms with Crippen molar-refractivity contribution in [2.24, 2.45) is 5.92 Å². The summed E-state index contributed by atoms with van der Waals surface area (Å²) in [7, 11) is 3.59. The molecular formula is C11H19N5OS. The summed E-state index contributed by atoms with van der Waals surface area (Å²) in [5.74, 6) is 0.337. The van der Waals surface area contributed by atoms with Crippen molar-refractivity contribution in [1.29, 1.82) is 0 Å². The number of hydrogen-bond donors (Lipinski definition) is 2. The van der Waals surface area contributed by atoms with Gasteiger partial charge < -0.3 is 10.6 Å². The molecule has 0 aliphatic carbocycles. The van der Waals surface area contributed by atoms with E-state index in [2.05, 4.69) is 25.1 Å². The molecule has 18 heavy (non-hydrogen) atoms. The highest BCUT2D eigenvalue weighted by molar-refractivity contribution is 7.10. The van der Waals surface area contributed by atoms with Crippen LogP contribution in [-0.2, 0) is 11.3 Å². The lowest BCUT2D eigenvalue weighted by atomic mass is 9.96. The Bertz CT molecular complexity index is 400. The smallest absolute Gasteiger partial charge is 0.222 e. The highest BCUT2D eigenvalue weighted by Crippen LogP contribution is 2.22. The zero-order valence-electron chi connectivity index (χ0n) is 10.8. The van der Waals surface area contributed by atoms with Crippen molar-refractivity contribution in [3.8, 4) is 0 Å². The Kier molecular flexibility index (Phi) is 4.48. The molecule has 1 fully saturated rings. The number of nitrogens with zero attached hydrogens (tertiary/aromatic N) is 3. The van der Waals surface area contributed by atoms with Crippen molar-refractivity contribution in [2.75, 3.05) is 32.5 Å². The Labute approximate surface area is 111 Å². The molecule has 6 nitrogen and oxygen atoms in total. The maximum atomic E-state index is 11.5. The van der Waals surface area contributed by atoms with Gasteiger partial charge in [0.1, 0.15) is 10.7 Å². The lowest BCUT2D eigenvalue weighted by Crippen LogP contribution is -2.39. The van der Waals surface area contributed by atoms with Gasteiger partial charge in [-0.3, -0.25) is 9.69 Å². The lowest BCUT2D eigenvalue weighted by molar-refractivity contribution is -0.125. The minimum Gasteiger partial charge on any atom is -0.377 e. The first-order valence-electron chi connectivity index (χ1n) is 6.17. The van der Waals surface area contributed by atoms with E-state index in [1.54, 1.807) is 7.05 Å². The van der Waals surface area contributed by atoms with Gasteiger partial charge in [0.2, 0.25) is 5.91 Å². The number of aromatic nitrogens is 2. The third-order valence-corrected chi connectivity index (χ3v) is 4.15. The summed E-state index contributed by atoms with van der Waals surface area (Å²) in [6.07, 6.45) is 1.85. The van der Waals surface area contributed by atoms with E-state index in [9.17, 15) is 4.79 Å². The third-order valence-electron chi connectivity index (χ3n) is 3.36. The standard InChI is InChI=1S/C11H19N5OS/c1-12-10(17)8-3-5-16(6-4-8)7-9-11(13-2)18-15-14-9/h8,13H,3-7H2,1-2H3,(H,12,17). The number of rotatable bonds is 4. The van der Waals surface area contributed by atoms with Crippen LogP contribution in [0.1, 0.15) is 18.5 Å². The summed E-state index contributed by atoms with van der Waals surface area (Å²) in [6, 6.07) is 0. The molecule has 2 heterocycles. The molecule has 100 valence electrons. The van der Waals surface area contributed by atoms with Crippen LogP contribution in [0, 0.1) is 5.92 Å². The largest absolute Gasteiger partial charge is 0.377 e. The van der Waals surface area contributed by atoms with E-state index in [0.29, 0.717) is 0 Å². The Morgan fingerprint density at radius 1 is 1.44 bits per heavy atom. The molecule has 2 rings (SSSR count). The van der Waals surface area contributed by atoms with Crippen LogP contribution in [-0.4, -0.2) is 47.6 Å². The number of piperidine rings is 1. The Balaban J connectivity index is 1.85. The van der Waals surface area contributed by atoms with E-state index in [1.165, 1.54) is 11.5 Å². The SMILES string of the molecule is CNC(=O)C1CCN(Cc2nnsc2NC)CC1. The molecule has 0 bridgehead atoms. The monoisotopic (exact) mass is 269 g/mol. The molecular weight excluding hydrogens is 250 g/mol. The van der Waals surface area contributed by atoms with E-state index in [-0.39, 0.29) is 11.8 Å². The second-order valence-corrected chi connectivity index (χ2v) is 5.22. The molecule has 1 amide bonds. The normalized spacial score (nSPS) is 17.7. The van der Waals surface area contributed by atoms with Crippen molar-refractivity contribution in [3.63, 3.8) is 0 Å². The van der Waals surface area contributed by atoms with Gasteiger partial charge in [-0.2, -0.15) is 0 Å². The van der Waals surface area contributed by atoms with Crippen LogP contribution in [0.3, 0.4) is 0 Å². The first-order valence-corrected chi connectivity index (χ1v) is 6.95. The van der Waals surface area contributed by atoms with Gasteiger partial charge in [0.25, 0.3) is 0 Å². The second kappa shape index (κ2) is 6.10. The number of likely N-dealkylation sites (tertiary alicyclic amines) is 1. The molecule has 0 aromatic carbocycles. The fourth-order valence-corrected chi connectivity index (χ4v) is 2.79. The summed E-state index contributed by atoms with van der Waals surface area (Å²) in [4.78, 5) is 13.9. The molecule has 0 saturated carbocycles. The zero-order valence-corrected chi connectivity index (χ0v) is 11.6. The second-order valence-electron chi connectivity index (χ2n) is 4.46. The molecule has 0 radical (unpaired) electrons. The van der Waals surface area contributed by atoms with Crippen molar-refractivity contribution in [1.82, 2.24) is 19.8 Å². The van der Waals surface area contributed by atoms with Gasteiger partial charge in [0.05, 0.1) is 0 Å². The molecule has 1 aliphatic heterocycles. The van der Waals surface area contributed by atoms with Gasteiger partial charge in [0, 0.05) is 38.1 Å². The van der Waals surface area contributed by atoms with E-state index in [4.69, 9.17) is 0 Å². The Hall–Kier alpha value is -1.21. The van der Waals surface area contributed by atoms with E-state index < -0.39 is 0 Å². The molecule has 1 saturated heterocycles. The summed E-state index contributed by atoms with van der Waals surface area (Å²) >= 11 is 1.38. The first-order chi connectivity index (χ1) is 8.74. The molecule has 1 aromatic rings. The van der Waals surface area contributed by atoms with Crippen LogP contribution in [0.2, 0.25) is 0 Å². The minimum absolute atomic E-state index is 0.167. The van der Waals surface area contributed by atoms with Crippen LogP contribution >= 0.6 is 11.5 Å². The van der Waals surface area contributed by atoms with Gasteiger partial charge in [0.15, 0.2) is 0 Å². The fraction of sp³-hybridized carbons (Fsp3) is 0.727. The molecule has 1 aliphatic rings. The highest BCUT2D eigenvalue weighted by Gasteiger charge is 2.25. The average Bonchev–Trinajstić information content (AvgIpc) is 2.86. The Morgan fingerprint density at radius 3 is 2.78 bits per heavy atom. The number of amides is 1. The van der Waals surface area contributed by atoms with Crippen molar-refractivity contribution >= 4 is 22.4 Å². The predicted octanol–water partition coefficient (Wildman–Crippen LogP) is 0.538. The Morgan fingerprint density at radius 2 is 2.17 bits per heavy atom. The van der Waals surface area contributed by atoms with Gasteiger partial charge >= 0.3 is 0 Å². The maximum Gasteiger partial charge on any atom is 0.222 e. The number of carbonyl (C=O) groups excluding carboxylic acids is 1. The molecule has 1 aromatic heterocycles. The third kappa shape index (κ3) is 2.97. The molecule has 0 atom stereocenters. The number of nitrogens with one attached hydrogen (secondary N) is 2. The van der Waals surface area contributed by atoms with Gasteiger partial charge in [-0.05, 0) is 25.9 Å². The molecule has 2 N–H and O–H groups in total. The van der Waals surface area contributed by atoms with Crippen LogP contribution in [0.15, 0.2) is 0 Å². The van der Waals surface area contributed by atoms with Crippen LogP contribution in [0.25, 0.3) is 0 Å². The van der Waals surface area contributed by atoms with Crippen LogP contribution in [0.4, 0.5) is 5.00 Å². The summed E-state index contributed by atoms with van der Waals surface area (Å²) in [5, 5.41) is 11.0. The minimum atomic E-state index is 0.167. The summed E-state index contributed by atoms with van der Waals surface area (Å²) < 4.78 is 3.95. The van der Waals surface area contributed by atoms with Crippen molar-refractivity contribution in [2.45, 2.75) is 19.4 Å². The fourth-order valence-electron chi connectivity index (χ4n) is 2.27. The van der Waals surface area contributed by atoms with E-state index >= 15 is 0 Å². The van der Waals surface area contributed by atoms with E-state index in [1.807, 2.05) is 7.05 Å². The number of anilines is 1. The lowest BCUT2D eigenvalue weighted by Gasteiger charge is -2.30. The number of hydrogen-bond acceptors (Lipinski definition) is 6. The highest BCUT2D eigenvalue weighted by atomic mass is 32.1.